The van der Waals surface area contributed by atoms with Gasteiger partial charge in [0, 0.05) is 6.42 Å². The predicted molar refractivity (Wildman–Crippen MR) is 182 cm³/mol. The standard InChI is InChI=1S/C39H78O/c1-3-5-7-9-11-13-15-17-19-21-23-25-27-29-31-33-35-39(37-38-40)36-34-32-30-28-26-24-22-20-18-16-14-12-10-8-6-4-2/h38-39H,3-37H2,1-2H3. The van der Waals surface area contributed by atoms with E-state index < -0.39 is 0 Å². The second-order valence-electron chi connectivity index (χ2n) is 13.5. The fourth-order valence-electron chi connectivity index (χ4n) is 6.48. The molecule has 0 aromatic carbocycles. The molecule has 0 aliphatic heterocycles. The van der Waals surface area contributed by atoms with E-state index in [2.05, 4.69) is 13.8 Å². The molecule has 0 atom stereocenters. The van der Waals surface area contributed by atoms with E-state index in [-0.39, 0.29) is 0 Å². The van der Waals surface area contributed by atoms with E-state index in [0.29, 0.717) is 5.92 Å². The first kappa shape index (κ1) is 39.7. The zero-order chi connectivity index (χ0) is 29.0. The Morgan fingerprint density at radius 1 is 0.325 bits per heavy atom. The third kappa shape index (κ3) is 33.9. The second-order valence-corrected chi connectivity index (χ2v) is 13.5. The first-order valence-electron chi connectivity index (χ1n) is 19.3. The summed E-state index contributed by atoms with van der Waals surface area (Å²) in [6, 6.07) is 0. The molecule has 0 amide bonds. The highest BCUT2D eigenvalue weighted by molar-refractivity contribution is 5.49. The predicted octanol–water partition coefficient (Wildman–Crippen LogP) is 14.5. The molecule has 0 aromatic heterocycles. The fraction of sp³-hybridized carbons (Fsp3) is 0.974. The van der Waals surface area contributed by atoms with Crippen LogP contribution >= 0.6 is 0 Å². The number of carbonyl (C=O) groups excluding carboxylic acids is 1. The lowest BCUT2D eigenvalue weighted by atomic mass is 9.92. The molecule has 0 unspecified atom stereocenters. The number of unbranched alkanes of at least 4 members (excludes halogenated alkanes) is 30. The van der Waals surface area contributed by atoms with Crippen molar-refractivity contribution in [1.82, 2.24) is 0 Å². The maximum Gasteiger partial charge on any atom is 0.120 e. The normalized spacial score (nSPS) is 11.6. The smallest absolute Gasteiger partial charge is 0.120 e. The van der Waals surface area contributed by atoms with Crippen LogP contribution in [0.5, 0.6) is 0 Å². The zero-order valence-corrected chi connectivity index (χ0v) is 28.3. The fourth-order valence-corrected chi connectivity index (χ4v) is 6.48. The minimum atomic E-state index is 0.663. The third-order valence-electron chi connectivity index (χ3n) is 9.36. The SMILES string of the molecule is CCCCCCCCCCCCCCCCCCC(CC=O)CCCCCCCCCCCCCCCCCC. The maximum atomic E-state index is 11.2. The molecule has 0 rings (SSSR count). The Bertz CT molecular complexity index is 408. The summed E-state index contributed by atoms with van der Waals surface area (Å²) in [5.74, 6) is 0.663. The summed E-state index contributed by atoms with van der Waals surface area (Å²) in [7, 11) is 0. The molecule has 0 spiro atoms. The van der Waals surface area contributed by atoms with Crippen LogP contribution in [0.2, 0.25) is 0 Å². The van der Waals surface area contributed by atoms with Crippen LogP contribution in [0.15, 0.2) is 0 Å². The van der Waals surface area contributed by atoms with Crippen molar-refractivity contribution in [1.29, 1.82) is 0 Å². The van der Waals surface area contributed by atoms with Gasteiger partial charge < -0.3 is 4.79 Å². The van der Waals surface area contributed by atoms with E-state index in [1.165, 1.54) is 225 Å². The summed E-state index contributed by atoms with van der Waals surface area (Å²) in [5, 5.41) is 0. The highest BCUT2D eigenvalue weighted by Gasteiger charge is 2.08. The van der Waals surface area contributed by atoms with Crippen molar-refractivity contribution in [3.63, 3.8) is 0 Å². The monoisotopic (exact) mass is 563 g/mol. The van der Waals surface area contributed by atoms with Gasteiger partial charge in [-0.1, -0.05) is 232 Å². The molecule has 0 radical (unpaired) electrons. The summed E-state index contributed by atoms with van der Waals surface area (Å²) in [4.78, 5) is 11.2. The van der Waals surface area contributed by atoms with Gasteiger partial charge in [-0.25, -0.2) is 0 Å². The van der Waals surface area contributed by atoms with Gasteiger partial charge >= 0.3 is 0 Å². The second kappa shape index (κ2) is 36.7. The number of rotatable bonds is 36. The average molecular weight is 563 g/mol. The number of carbonyl (C=O) groups is 1. The molecule has 0 aromatic rings. The van der Waals surface area contributed by atoms with Gasteiger partial charge in [0.1, 0.15) is 6.29 Å². The zero-order valence-electron chi connectivity index (χ0n) is 28.3. The molecule has 1 nitrogen and oxygen atoms in total. The van der Waals surface area contributed by atoms with Gasteiger partial charge in [-0.3, -0.25) is 0 Å². The molecule has 240 valence electrons. The highest BCUT2D eigenvalue weighted by atomic mass is 16.1. The van der Waals surface area contributed by atoms with E-state index in [1.54, 1.807) is 0 Å². The van der Waals surface area contributed by atoms with E-state index in [1.807, 2.05) is 0 Å². The highest BCUT2D eigenvalue weighted by Crippen LogP contribution is 2.22. The Hall–Kier alpha value is -0.330. The molecule has 0 aliphatic carbocycles. The molecule has 0 bridgehead atoms. The maximum absolute atomic E-state index is 11.2. The minimum Gasteiger partial charge on any atom is -0.303 e. The molecular formula is C39H78O. The number of hydrogen-bond acceptors (Lipinski definition) is 1. The quantitative estimate of drug-likeness (QED) is 0.0548. The van der Waals surface area contributed by atoms with Crippen LogP contribution < -0.4 is 0 Å². The van der Waals surface area contributed by atoms with Crippen LogP contribution in [-0.2, 0) is 4.79 Å². The topological polar surface area (TPSA) is 17.1 Å². The Labute approximate surface area is 255 Å². The Balaban J connectivity index is 3.36. The van der Waals surface area contributed by atoms with Crippen molar-refractivity contribution in [2.24, 2.45) is 5.92 Å². The van der Waals surface area contributed by atoms with Gasteiger partial charge in [0.05, 0.1) is 0 Å². The summed E-state index contributed by atoms with van der Waals surface area (Å²) in [6.45, 7) is 4.60. The third-order valence-corrected chi connectivity index (χ3v) is 9.36. The molecule has 1 heteroatoms. The summed E-state index contributed by atoms with van der Waals surface area (Å²) >= 11 is 0. The molecule has 0 fully saturated rings. The molecule has 0 heterocycles. The van der Waals surface area contributed by atoms with Crippen molar-refractivity contribution < 1.29 is 4.79 Å². The molecule has 0 aliphatic rings. The van der Waals surface area contributed by atoms with Gasteiger partial charge in [-0.05, 0) is 5.92 Å². The molecule has 40 heavy (non-hydrogen) atoms. The van der Waals surface area contributed by atoms with Crippen molar-refractivity contribution >= 4 is 6.29 Å². The van der Waals surface area contributed by atoms with Crippen LogP contribution in [0.3, 0.4) is 0 Å². The molecular weight excluding hydrogens is 484 g/mol. The van der Waals surface area contributed by atoms with Crippen molar-refractivity contribution in [2.75, 3.05) is 0 Å². The van der Waals surface area contributed by atoms with E-state index in [0.717, 1.165) is 6.42 Å². The van der Waals surface area contributed by atoms with Crippen molar-refractivity contribution in [2.45, 2.75) is 239 Å². The van der Waals surface area contributed by atoms with Crippen LogP contribution in [-0.4, -0.2) is 6.29 Å². The van der Waals surface area contributed by atoms with Crippen LogP contribution in [0.4, 0.5) is 0 Å². The van der Waals surface area contributed by atoms with Gasteiger partial charge in [0.25, 0.3) is 0 Å². The molecule has 0 saturated carbocycles. The summed E-state index contributed by atoms with van der Waals surface area (Å²) in [6.07, 6.45) is 50.4. The van der Waals surface area contributed by atoms with Gasteiger partial charge in [0.2, 0.25) is 0 Å². The first-order valence-corrected chi connectivity index (χ1v) is 19.3. The first-order chi connectivity index (χ1) is 19.8. The largest absolute Gasteiger partial charge is 0.303 e. The lowest BCUT2D eigenvalue weighted by Crippen LogP contribution is -2.02. The van der Waals surface area contributed by atoms with Crippen molar-refractivity contribution in [3.05, 3.63) is 0 Å². The number of aldehydes is 1. The Morgan fingerprint density at radius 3 is 0.725 bits per heavy atom. The minimum absolute atomic E-state index is 0.663. The van der Waals surface area contributed by atoms with Crippen molar-refractivity contribution in [3.8, 4) is 0 Å². The van der Waals surface area contributed by atoms with Gasteiger partial charge in [-0.15, -0.1) is 0 Å². The van der Waals surface area contributed by atoms with E-state index in [9.17, 15) is 4.79 Å². The molecule has 0 saturated heterocycles. The van der Waals surface area contributed by atoms with E-state index in [4.69, 9.17) is 0 Å². The average Bonchev–Trinajstić information content (AvgIpc) is 2.96. The van der Waals surface area contributed by atoms with Gasteiger partial charge in [-0.2, -0.15) is 0 Å². The van der Waals surface area contributed by atoms with Gasteiger partial charge in [0.15, 0.2) is 0 Å². The van der Waals surface area contributed by atoms with E-state index >= 15 is 0 Å². The lowest BCUT2D eigenvalue weighted by Gasteiger charge is -2.14. The Kier molecular flexibility index (Phi) is 36.4. The summed E-state index contributed by atoms with van der Waals surface area (Å²) in [5.41, 5.74) is 0. The van der Waals surface area contributed by atoms with Crippen LogP contribution in [0.1, 0.15) is 239 Å². The van der Waals surface area contributed by atoms with Crippen LogP contribution in [0, 0.1) is 5.92 Å². The Morgan fingerprint density at radius 2 is 0.525 bits per heavy atom. The summed E-state index contributed by atoms with van der Waals surface area (Å²) < 4.78 is 0. The van der Waals surface area contributed by atoms with Crippen LogP contribution in [0.25, 0.3) is 0 Å². The lowest BCUT2D eigenvalue weighted by molar-refractivity contribution is -0.108. The number of hydrogen-bond donors (Lipinski definition) is 0. The molecule has 0 N–H and O–H groups in total.